The fraction of sp³-hybridized carbons (Fsp3) is 0.0652. The molecule has 6 nitrogen and oxygen atoms in total. The summed E-state index contributed by atoms with van der Waals surface area (Å²) in [5.41, 5.74) is 6.23. The van der Waals surface area contributed by atoms with Crippen LogP contribution >= 0.6 is 0 Å². The molecular weight excluding hydrogens is 1500 g/mol. The van der Waals surface area contributed by atoms with Crippen molar-refractivity contribution in [2.24, 2.45) is 0 Å². The van der Waals surface area contributed by atoms with Gasteiger partial charge in [0.1, 0.15) is 27.6 Å². The molecule has 16 aromatic rings. The predicted octanol–water partition coefficient (Wildman–Crippen LogP) is 15.8. The second-order valence-electron chi connectivity index (χ2n) is 28.4. The van der Waals surface area contributed by atoms with Crippen molar-refractivity contribution in [2.45, 2.75) is 26.2 Å². The van der Waals surface area contributed by atoms with E-state index in [4.69, 9.17) is 16.0 Å². The van der Waals surface area contributed by atoms with Gasteiger partial charge in [-0.2, -0.15) is 5.26 Å². The van der Waals surface area contributed by atoms with Crippen molar-refractivity contribution in [1.29, 1.82) is 5.26 Å². The van der Waals surface area contributed by atoms with Gasteiger partial charge in [-0.25, -0.2) is 48.7 Å². The Labute approximate surface area is 643 Å². The van der Waals surface area contributed by atoms with Gasteiger partial charge in [0.05, 0.1) is 54.5 Å². The lowest BCUT2D eigenvalue weighted by atomic mass is 10.1. The topological polar surface area (TPSA) is 56.5 Å². The van der Waals surface area contributed by atoms with Crippen LogP contribution in [0.25, 0.3) is 59.8 Å². The quantitative estimate of drug-likeness (QED) is 0.0242. The first-order valence-corrected chi connectivity index (χ1v) is 45.8. The average Bonchev–Trinajstić information content (AvgIpc) is 1.36. The van der Waals surface area contributed by atoms with Crippen LogP contribution in [0.3, 0.4) is 0 Å². The highest BCUT2D eigenvalue weighted by Crippen LogP contribution is 2.36. The summed E-state index contributed by atoms with van der Waals surface area (Å²) in [6, 6.07) is 102. The molecule has 0 aliphatic heterocycles. The first-order chi connectivity index (χ1) is 54.0. The van der Waals surface area contributed by atoms with Gasteiger partial charge in [0, 0.05) is 43.3 Å². The van der Waals surface area contributed by atoms with Crippen LogP contribution in [0.5, 0.6) is 11.5 Å². The number of ether oxygens (including phenoxy) is 2. The van der Waals surface area contributed by atoms with Crippen molar-refractivity contribution in [2.75, 3.05) is 14.2 Å². The Hall–Kier alpha value is -12.6. The van der Waals surface area contributed by atoms with Crippen LogP contribution in [0.15, 0.2) is 291 Å². The van der Waals surface area contributed by atoms with Gasteiger partial charge in [-0.15, -0.1) is 0 Å². The zero-order chi connectivity index (χ0) is 78.7. The SMILES string of the molecule is COc1ccc(-n2c3ccc([Si](C)(C)c4c(F)c(F)c(F)c(F)c4F)cc3c3cc([Si](C)(C)c4c(F)c(F)c(F)c(F)c4F)ccc32)cc1.[C-]#[N+]c1ccc([Si](c2ccccc2)(c2ccccc2)c2ccc3c(c2)c2cc([Si](c4ccccc4)(c4ccccc4)c4ccc(C#N)cc4)ccc2n3-c2ccc(OC)cc2)cc1. The fourth-order valence-corrected chi connectivity index (χ4v) is 31.0. The lowest BCUT2D eigenvalue weighted by Gasteiger charge is -2.35. The molecule has 552 valence electrons. The second kappa shape index (κ2) is 29.7. The van der Waals surface area contributed by atoms with Gasteiger partial charge in [-0.1, -0.05) is 243 Å². The van der Waals surface area contributed by atoms with Gasteiger partial charge in [0.25, 0.3) is 0 Å². The highest BCUT2D eigenvalue weighted by Gasteiger charge is 2.45. The van der Waals surface area contributed by atoms with E-state index in [-0.39, 0.29) is 0 Å². The maximum atomic E-state index is 15.1. The second-order valence-corrected chi connectivity index (χ2v) is 44.7. The maximum Gasteiger partial charge on any atom is 0.200 e. The van der Waals surface area contributed by atoms with Crippen molar-refractivity contribution in [3.8, 4) is 28.9 Å². The largest absolute Gasteiger partial charge is 0.497 e. The lowest BCUT2D eigenvalue weighted by Crippen LogP contribution is -2.74. The van der Waals surface area contributed by atoms with Gasteiger partial charge in [0.2, 0.25) is 11.6 Å². The van der Waals surface area contributed by atoms with Gasteiger partial charge < -0.3 is 18.6 Å². The number of benzene rings is 14. The molecule has 0 spiro atoms. The molecule has 0 radical (unpaired) electrons. The number of hydrogen-bond donors (Lipinski definition) is 0. The highest BCUT2D eigenvalue weighted by atomic mass is 28.3. The standard InChI is InChI=1S/C57H41N3OSi2.C35H25F10NOSi2/c1-59-43-25-33-51(34-26-43)63(48-19-11-5-12-20-48,49-21-13-6-14-22-49)53-36-38-57-55(40-53)54-39-52(35-37-56(54)60(57)44-27-29-45(61-2)30-28-44)62(46-15-7-3-8-16-46,47-17-9-4-10-18-47)50-31-23-42(41-58)24-32-50;1-47-17-8-6-16(7-9-17)46-22-12-10-18(48(2,3)34-30(42)26(38)24(36)27(39)31(34)43)14-20(22)21-15-19(11-13-23(21)46)49(4,5)35-32(44)28(40)25(37)29(41)33(35)45/h3-40H,2H3;6-15H,1-5H3. The van der Waals surface area contributed by atoms with Crippen LogP contribution in [0.2, 0.25) is 26.2 Å². The molecule has 0 aliphatic rings. The summed E-state index contributed by atoms with van der Waals surface area (Å²) in [4.78, 5) is 3.78. The molecule has 0 amide bonds. The average molecular weight is 1560 g/mol. The lowest BCUT2D eigenvalue weighted by molar-refractivity contribution is 0.383. The van der Waals surface area contributed by atoms with E-state index in [1.807, 2.05) is 41.0 Å². The molecule has 0 N–H and O–H groups in total. The molecular formula is C92H66F10N4O2Si4. The Morgan fingerprint density at radius 3 is 0.830 bits per heavy atom. The summed E-state index contributed by atoms with van der Waals surface area (Å²) in [5, 5.41) is 21.8. The summed E-state index contributed by atoms with van der Waals surface area (Å²) >= 11 is 0. The summed E-state index contributed by atoms with van der Waals surface area (Å²) in [6.45, 7) is 13.5. The van der Waals surface area contributed by atoms with Gasteiger partial charge in [-0.3, -0.25) is 0 Å². The zero-order valence-corrected chi connectivity index (χ0v) is 65.1. The Balaban J connectivity index is 0.000000183. The summed E-state index contributed by atoms with van der Waals surface area (Å²) in [5.74, 6) is -19.1. The number of fused-ring (bicyclic) bond motifs is 6. The number of aromatic nitrogens is 2. The molecule has 0 unspecified atom stereocenters. The molecule has 0 fully saturated rings. The number of nitriles is 1. The molecule has 0 saturated heterocycles. The predicted molar refractivity (Wildman–Crippen MR) is 439 cm³/mol. The van der Waals surface area contributed by atoms with E-state index in [2.05, 4.69) is 210 Å². The van der Waals surface area contributed by atoms with Crippen LogP contribution in [0.4, 0.5) is 49.6 Å². The molecule has 0 aliphatic carbocycles. The molecule has 0 saturated carbocycles. The minimum Gasteiger partial charge on any atom is -0.497 e. The summed E-state index contributed by atoms with van der Waals surface area (Å²) < 4.78 is 161. The van der Waals surface area contributed by atoms with Gasteiger partial charge >= 0.3 is 0 Å². The smallest absolute Gasteiger partial charge is 0.200 e. The minimum atomic E-state index is -3.68. The van der Waals surface area contributed by atoms with E-state index in [9.17, 15) is 31.6 Å². The minimum absolute atomic E-state index is 0.290. The number of rotatable bonds is 16. The third-order valence-electron chi connectivity index (χ3n) is 21.9. The van der Waals surface area contributed by atoms with Crippen molar-refractivity contribution in [3.05, 3.63) is 366 Å². The maximum absolute atomic E-state index is 15.1. The Kier molecular flexibility index (Phi) is 19.8. The number of hydrogen-bond acceptors (Lipinski definition) is 3. The molecule has 2 heterocycles. The summed E-state index contributed by atoms with van der Waals surface area (Å²) in [7, 11) is -10.2. The van der Waals surface area contributed by atoms with Gasteiger partial charge in [0.15, 0.2) is 68.4 Å². The number of methoxy groups -OCH3 is 2. The van der Waals surface area contributed by atoms with Crippen LogP contribution in [0.1, 0.15) is 5.56 Å². The number of halogens is 10. The van der Waals surface area contributed by atoms with E-state index in [0.29, 0.717) is 54.9 Å². The van der Waals surface area contributed by atoms with E-state index in [1.54, 1.807) is 67.8 Å². The van der Waals surface area contributed by atoms with Gasteiger partial charge in [-0.05, 0) is 126 Å². The Morgan fingerprint density at radius 2 is 0.554 bits per heavy atom. The zero-order valence-electron chi connectivity index (χ0n) is 61.1. The third-order valence-corrected chi connectivity index (χ3v) is 38.3. The van der Waals surface area contributed by atoms with Crippen LogP contribution < -0.4 is 71.7 Å². The fourth-order valence-electron chi connectivity index (χ4n) is 16.2. The molecule has 20 heteroatoms. The van der Waals surface area contributed by atoms with Crippen molar-refractivity contribution >= 4 is 144 Å². The van der Waals surface area contributed by atoms with E-state index in [1.165, 1.54) is 74.8 Å². The molecule has 0 bridgehead atoms. The monoisotopic (exact) mass is 1560 g/mol. The third kappa shape index (κ3) is 12.3. The van der Waals surface area contributed by atoms with Crippen molar-refractivity contribution in [1.82, 2.24) is 9.13 Å². The normalized spacial score (nSPS) is 11.9. The van der Waals surface area contributed by atoms with Crippen molar-refractivity contribution in [3.63, 3.8) is 0 Å². The summed E-state index contributed by atoms with van der Waals surface area (Å²) in [6.07, 6.45) is 0. The van der Waals surface area contributed by atoms with Crippen LogP contribution in [-0.4, -0.2) is 55.6 Å². The number of nitrogens with zero attached hydrogens (tertiary/aromatic N) is 4. The molecule has 2 aromatic heterocycles. The molecule has 16 rings (SSSR count). The van der Waals surface area contributed by atoms with Crippen molar-refractivity contribution < 1.29 is 53.4 Å². The molecule has 14 aromatic carbocycles. The van der Waals surface area contributed by atoms with Crippen LogP contribution in [-0.2, 0) is 0 Å². The highest BCUT2D eigenvalue weighted by molar-refractivity contribution is 7.20. The van der Waals surface area contributed by atoms with E-state index < -0.39 is 101 Å². The first kappa shape index (κ1) is 74.9. The Morgan fingerprint density at radius 1 is 0.304 bits per heavy atom. The molecule has 0 atom stereocenters. The first-order valence-electron chi connectivity index (χ1n) is 35.8. The van der Waals surface area contributed by atoms with Crippen LogP contribution in [0, 0.1) is 76.1 Å². The van der Waals surface area contributed by atoms with E-state index >= 15 is 17.6 Å². The molecule has 112 heavy (non-hydrogen) atoms. The van der Waals surface area contributed by atoms with E-state index in [0.717, 1.165) is 33.2 Å². The Bertz CT molecular complexity index is 5940.